The van der Waals surface area contributed by atoms with Crippen LogP contribution in [-0.2, 0) is 32.6 Å². The summed E-state index contributed by atoms with van der Waals surface area (Å²) in [6, 6.07) is 27.7. The Labute approximate surface area is 275 Å². The van der Waals surface area contributed by atoms with Crippen molar-refractivity contribution in [1.82, 2.24) is 10.2 Å². The SMILES string of the molecule is COc1ccc(OC)c(N(CC(=O)N(Cc2cccc(Cl)c2)[C@@H](Cc2ccccc2)C(=O)NC(C)C)S(=O)(=O)c2ccccc2)c1. The molecule has 0 bridgehead atoms. The number of carbonyl (C=O) groups excluding carboxylic acids is 2. The van der Waals surface area contributed by atoms with Crippen LogP contribution in [0.3, 0.4) is 0 Å². The lowest BCUT2D eigenvalue weighted by atomic mass is 10.0. The van der Waals surface area contributed by atoms with Gasteiger partial charge in [-0.25, -0.2) is 8.42 Å². The number of amides is 2. The molecule has 0 aromatic heterocycles. The van der Waals surface area contributed by atoms with Crippen LogP contribution in [0.2, 0.25) is 5.02 Å². The van der Waals surface area contributed by atoms with Crippen molar-refractivity contribution in [2.24, 2.45) is 0 Å². The van der Waals surface area contributed by atoms with Gasteiger partial charge in [-0.2, -0.15) is 0 Å². The predicted molar refractivity (Wildman–Crippen MR) is 180 cm³/mol. The van der Waals surface area contributed by atoms with Crippen LogP contribution in [0, 0.1) is 0 Å². The predicted octanol–water partition coefficient (Wildman–Crippen LogP) is 5.72. The molecule has 0 radical (unpaired) electrons. The summed E-state index contributed by atoms with van der Waals surface area (Å²) >= 11 is 6.31. The first kappa shape index (κ1) is 34.3. The lowest BCUT2D eigenvalue weighted by Gasteiger charge is -2.34. The van der Waals surface area contributed by atoms with Gasteiger partial charge in [-0.15, -0.1) is 0 Å². The van der Waals surface area contributed by atoms with Crippen molar-refractivity contribution in [3.05, 3.63) is 119 Å². The zero-order valence-corrected chi connectivity index (χ0v) is 27.8. The van der Waals surface area contributed by atoms with Gasteiger partial charge in [0.15, 0.2) is 0 Å². The van der Waals surface area contributed by atoms with E-state index in [1.807, 2.05) is 44.2 Å². The third kappa shape index (κ3) is 8.58. The number of nitrogens with one attached hydrogen (secondary N) is 1. The Hall–Kier alpha value is -4.54. The van der Waals surface area contributed by atoms with Crippen LogP contribution in [0.25, 0.3) is 0 Å². The lowest BCUT2D eigenvalue weighted by molar-refractivity contribution is -0.140. The maximum absolute atomic E-state index is 14.6. The standard InChI is InChI=1S/C35H38ClN3O6S/c1-25(2)37-35(41)32(21-26-12-7-5-8-13-26)38(23-27-14-11-15-28(36)20-27)34(40)24-39(46(42,43)30-16-9-6-10-17-30)31-22-29(44-3)18-19-33(31)45-4/h5-20,22,25,32H,21,23-24H2,1-4H3,(H,37,41)/t32-/m0/s1. The molecule has 0 saturated heterocycles. The number of hydrogen-bond donors (Lipinski definition) is 1. The van der Waals surface area contributed by atoms with E-state index < -0.39 is 28.5 Å². The van der Waals surface area contributed by atoms with Gasteiger partial charge in [0.1, 0.15) is 24.1 Å². The van der Waals surface area contributed by atoms with Gasteiger partial charge in [0, 0.05) is 30.1 Å². The topological polar surface area (TPSA) is 105 Å². The molecule has 0 aliphatic heterocycles. The summed E-state index contributed by atoms with van der Waals surface area (Å²) in [6.45, 7) is 3.03. The number of anilines is 1. The third-order valence-electron chi connectivity index (χ3n) is 7.21. The number of hydrogen-bond acceptors (Lipinski definition) is 6. The summed E-state index contributed by atoms with van der Waals surface area (Å²) in [5.74, 6) is -0.395. The smallest absolute Gasteiger partial charge is 0.264 e. The molecule has 11 heteroatoms. The van der Waals surface area contributed by atoms with Crippen LogP contribution in [0.15, 0.2) is 108 Å². The fourth-order valence-electron chi connectivity index (χ4n) is 4.99. The summed E-state index contributed by atoms with van der Waals surface area (Å²) < 4.78 is 40.5. The number of carbonyl (C=O) groups is 2. The third-order valence-corrected chi connectivity index (χ3v) is 9.22. The van der Waals surface area contributed by atoms with Gasteiger partial charge in [0.2, 0.25) is 11.8 Å². The molecule has 0 saturated carbocycles. The molecular weight excluding hydrogens is 626 g/mol. The minimum Gasteiger partial charge on any atom is -0.497 e. The molecule has 4 rings (SSSR count). The van der Waals surface area contributed by atoms with Gasteiger partial charge in [0.25, 0.3) is 10.0 Å². The number of methoxy groups -OCH3 is 2. The van der Waals surface area contributed by atoms with Crippen LogP contribution in [0.4, 0.5) is 5.69 Å². The number of rotatable bonds is 14. The average Bonchev–Trinajstić information content (AvgIpc) is 3.05. The van der Waals surface area contributed by atoms with E-state index in [9.17, 15) is 18.0 Å². The Bertz CT molecular complexity index is 1740. The van der Waals surface area contributed by atoms with Crippen molar-refractivity contribution in [1.29, 1.82) is 0 Å². The van der Waals surface area contributed by atoms with Gasteiger partial charge >= 0.3 is 0 Å². The summed E-state index contributed by atoms with van der Waals surface area (Å²) in [5.41, 5.74) is 1.61. The van der Waals surface area contributed by atoms with E-state index in [4.69, 9.17) is 21.1 Å². The number of ether oxygens (including phenoxy) is 2. The summed E-state index contributed by atoms with van der Waals surface area (Å²) in [4.78, 5) is 29.8. The molecule has 0 spiro atoms. The monoisotopic (exact) mass is 663 g/mol. The van der Waals surface area contributed by atoms with Crippen molar-refractivity contribution in [3.8, 4) is 11.5 Å². The van der Waals surface area contributed by atoms with Crippen LogP contribution in [-0.4, -0.2) is 58.0 Å². The molecule has 0 fully saturated rings. The van der Waals surface area contributed by atoms with Gasteiger partial charge in [-0.3, -0.25) is 13.9 Å². The highest BCUT2D eigenvalue weighted by atomic mass is 35.5. The van der Waals surface area contributed by atoms with Crippen molar-refractivity contribution >= 4 is 39.1 Å². The fraction of sp³-hybridized carbons (Fsp3) is 0.257. The maximum atomic E-state index is 14.6. The first-order valence-corrected chi connectivity index (χ1v) is 16.5. The van der Waals surface area contributed by atoms with E-state index in [2.05, 4.69) is 5.32 Å². The van der Waals surface area contributed by atoms with Gasteiger partial charge < -0.3 is 19.7 Å². The summed E-state index contributed by atoms with van der Waals surface area (Å²) in [5, 5.41) is 3.41. The Morgan fingerprint density at radius 1 is 0.826 bits per heavy atom. The molecule has 9 nitrogen and oxygen atoms in total. The highest BCUT2D eigenvalue weighted by molar-refractivity contribution is 7.92. The van der Waals surface area contributed by atoms with E-state index in [1.54, 1.807) is 54.6 Å². The highest BCUT2D eigenvalue weighted by Gasteiger charge is 2.36. The van der Waals surface area contributed by atoms with E-state index >= 15 is 0 Å². The highest BCUT2D eigenvalue weighted by Crippen LogP contribution is 2.36. The van der Waals surface area contributed by atoms with Gasteiger partial charge in [-0.05, 0) is 61.4 Å². The lowest BCUT2D eigenvalue weighted by Crippen LogP contribution is -2.54. The molecule has 4 aromatic carbocycles. The molecular formula is C35H38ClN3O6S. The van der Waals surface area contributed by atoms with E-state index in [1.165, 1.54) is 37.3 Å². The summed E-state index contributed by atoms with van der Waals surface area (Å²) in [7, 11) is -1.44. The zero-order valence-electron chi connectivity index (χ0n) is 26.2. The number of sulfonamides is 1. The van der Waals surface area contributed by atoms with E-state index in [0.717, 1.165) is 9.87 Å². The average molecular weight is 664 g/mol. The number of halogens is 1. The largest absolute Gasteiger partial charge is 0.497 e. The van der Waals surface area contributed by atoms with Crippen LogP contribution in [0.5, 0.6) is 11.5 Å². The molecule has 0 aliphatic carbocycles. The van der Waals surface area contributed by atoms with Crippen molar-refractivity contribution in [2.45, 2.75) is 43.8 Å². The fourth-order valence-corrected chi connectivity index (χ4v) is 6.64. The molecule has 242 valence electrons. The Kier molecular flexibility index (Phi) is 11.7. The second-order valence-electron chi connectivity index (χ2n) is 10.9. The van der Waals surface area contributed by atoms with Gasteiger partial charge in [0.05, 0.1) is 24.8 Å². The van der Waals surface area contributed by atoms with Crippen LogP contribution in [0.1, 0.15) is 25.0 Å². The molecule has 46 heavy (non-hydrogen) atoms. The Morgan fingerprint density at radius 3 is 2.09 bits per heavy atom. The molecule has 0 aliphatic rings. The van der Waals surface area contributed by atoms with E-state index in [-0.39, 0.29) is 41.2 Å². The Morgan fingerprint density at radius 2 is 1.48 bits per heavy atom. The molecule has 2 amide bonds. The van der Waals surface area contributed by atoms with Crippen molar-refractivity contribution in [3.63, 3.8) is 0 Å². The number of nitrogens with zero attached hydrogens (tertiary/aromatic N) is 2. The molecule has 0 heterocycles. The van der Waals surface area contributed by atoms with Crippen LogP contribution >= 0.6 is 11.6 Å². The number of benzene rings is 4. The first-order chi connectivity index (χ1) is 22.0. The zero-order chi connectivity index (χ0) is 33.3. The second kappa shape index (κ2) is 15.6. The Balaban J connectivity index is 1.86. The second-order valence-corrected chi connectivity index (χ2v) is 13.2. The van der Waals surface area contributed by atoms with Crippen molar-refractivity contribution < 1.29 is 27.5 Å². The minimum atomic E-state index is -4.32. The molecule has 0 unspecified atom stereocenters. The van der Waals surface area contributed by atoms with Gasteiger partial charge in [-0.1, -0.05) is 72.3 Å². The van der Waals surface area contributed by atoms with Crippen molar-refractivity contribution in [2.75, 3.05) is 25.1 Å². The quantitative estimate of drug-likeness (QED) is 0.185. The molecule has 4 aromatic rings. The molecule has 1 atom stereocenters. The molecule has 1 N–H and O–H groups in total. The normalized spacial score (nSPS) is 11.9. The first-order valence-electron chi connectivity index (χ1n) is 14.7. The van der Waals surface area contributed by atoms with E-state index in [0.29, 0.717) is 16.3 Å². The van der Waals surface area contributed by atoms with Crippen LogP contribution < -0.4 is 19.1 Å². The minimum absolute atomic E-state index is 0.00310. The maximum Gasteiger partial charge on any atom is 0.264 e. The summed E-state index contributed by atoms with van der Waals surface area (Å²) in [6.07, 6.45) is 0.194.